The van der Waals surface area contributed by atoms with E-state index in [1.54, 1.807) is 0 Å². The highest BCUT2D eigenvalue weighted by atomic mass is 19.4. The van der Waals surface area contributed by atoms with Crippen LogP contribution >= 0.6 is 0 Å². The van der Waals surface area contributed by atoms with Crippen molar-refractivity contribution in [3.8, 4) is 0 Å². The third-order valence-electron chi connectivity index (χ3n) is 3.52. The Kier molecular flexibility index (Phi) is 8.90. The van der Waals surface area contributed by atoms with Gasteiger partial charge in [0.1, 0.15) is 0 Å². The molecule has 0 saturated carbocycles. The van der Waals surface area contributed by atoms with Crippen molar-refractivity contribution in [1.82, 2.24) is 0 Å². The third-order valence-corrected chi connectivity index (χ3v) is 3.52. The number of hydrogen-bond acceptors (Lipinski definition) is 2. The van der Waals surface area contributed by atoms with Crippen molar-refractivity contribution in [1.29, 1.82) is 0 Å². The van der Waals surface area contributed by atoms with Gasteiger partial charge in [0.15, 0.2) is 0 Å². The minimum atomic E-state index is -4.03. The predicted octanol–water partition coefficient (Wildman–Crippen LogP) is 5.26. The largest absolute Gasteiger partial charge is 0.465 e. The van der Waals surface area contributed by atoms with Crippen molar-refractivity contribution in [3.05, 3.63) is 0 Å². The maximum Gasteiger partial charge on any atom is 0.389 e. The van der Waals surface area contributed by atoms with Gasteiger partial charge in [-0.3, -0.25) is 4.79 Å². The highest BCUT2D eigenvalue weighted by molar-refractivity contribution is 5.75. The second-order valence-corrected chi connectivity index (χ2v) is 5.86. The molecule has 5 heteroatoms. The summed E-state index contributed by atoms with van der Waals surface area (Å²) in [6.45, 7) is 6.07. The van der Waals surface area contributed by atoms with E-state index in [1.807, 2.05) is 20.8 Å². The van der Waals surface area contributed by atoms with E-state index in [0.29, 0.717) is 13.0 Å². The topological polar surface area (TPSA) is 26.3 Å². The van der Waals surface area contributed by atoms with Gasteiger partial charge < -0.3 is 4.74 Å². The number of ether oxygens (including phenoxy) is 1. The monoisotopic (exact) mass is 296 g/mol. The standard InChI is InChI=1S/C15H27F3O2/c1-4-14(2,3)13(19)20-12-10-8-6-5-7-9-11-15(16,17)18/h4-12H2,1-3H3. The van der Waals surface area contributed by atoms with Gasteiger partial charge in [-0.15, -0.1) is 0 Å². The number of hydrogen-bond donors (Lipinski definition) is 0. The minimum Gasteiger partial charge on any atom is -0.465 e. The van der Waals surface area contributed by atoms with E-state index in [-0.39, 0.29) is 12.4 Å². The zero-order chi connectivity index (χ0) is 15.6. The van der Waals surface area contributed by atoms with Crippen molar-refractivity contribution < 1.29 is 22.7 Å². The highest BCUT2D eigenvalue weighted by Crippen LogP contribution is 2.23. The summed E-state index contributed by atoms with van der Waals surface area (Å²) in [4.78, 5) is 11.6. The zero-order valence-corrected chi connectivity index (χ0v) is 12.8. The summed E-state index contributed by atoms with van der Waals surface area (Å²) in [6.07, 6.45) is 0.237. The SMILES string of the molecule is CCC(C)(C)C(=O)OCCCCCCCCC(F)(F)F. The molecule has 0 heterocycles. The molecule has 0 saturated heterocycles. The van der Waals surface area contributed by atoms with Crippen LogP contribution < -0.4 is 0 Å². The molecule has 20 heavy (non-hydrogen) atoms. The zero-order valence-electron chi connectivity index (χ0n) is 12.8. The number of unbranched alkanes of at least 4 members (excludes halogenated alkanes) is 5. The Hall–Kier alpha value is -0.740. The predicted molar refractivity (Wildman–Crippen MR) is 73.4 cm³/mol. The Morgan fingerprint density at radius 2 is 1.45 bits per heavy atom. The summed E-state index contributed by atoms with van der Waals surface area (Å²) in [5.74, 6) is -0.176. The van der Waals surface area contributed by atoms with Gasteiger partial charge >= 0.3 is 12.1 Å². The summed E-state index contributed by atoms with van der Waals surface area (Å²) in [5.41, 5.74) is -0.433. The second kappa shape index (κ2) is 9.24. The lowest BCUT2D eigenvalue weighted by atomic mass is 9.91. The summed E-state index contributed by atoms with van der Waals surface area (Å²) < 4.78 is 40.8. The van der Waals surface area contributed by atoms with Crippen LogP contribution in [0.5, 0.6) is 0 Å². The number of alkyl halides is 3. The molecule has 0 aromatic rings. The van der Waals surface area contributed by atoms with Crippen molar-refractivity contribution >= 4 is 5.97 Å². The molecule has 0 radical (unpaired) electrons. The third kappa shape index (κ3) is 10.1. The lowest BCUT2D eigenvalue weighted by Crippen LogP contribution is -2.26. The molecule has 2 nitrogen and oxygen atoms in total. The van der Waals surface area contributed by atoms with Crippen molar-refractivity contribution in [2.75, 3.05) is 6.61 Å². The van der Waals surface area contributed by atoms with E-state index >= 15 is 0 Å². The lowest BCUT2D eigenvalue weighted by Gasteiger charge is -2.20. The van der Waals surface area contributed by atoms with Gasteiger partial charge in [-0.25, -0.2) is 0 Å². The van der Waals surface area contributed by atoms with Crippen LogP contribution in [0.4, 0.5) is 13.2 Å². The maximum absolute atomic E-state index is 11.9. The summed E-state index contributed by atoms with van der Waals surface area (Å²) in [7, 11) is 0. The van der Waals surface area contributed by atoms with E-state index in [2.05, 4.69) is 0 Å². The highest BCUT2D eigenvalue weighted by Gasteiger charge is 2.27. The first-order valence-corrected chi connectivity index (χ1v) is 7.43. The molecule has 0 unspecified atom stereocenters. The quantitative estimate of drug-likeness (QED) is 0.406. The summed E-state index contributed by atoms with van der Waals surface area (Å²) >= 11 is 0. The van der Waals surface area contributed by atoms with Gasteiger partial charge in [-0.2, -0.15) is 13.2 Å². The smallest absolute Gasteiger partial charge is 0.389 e. The number of halogens is 3. The molecule has 0 aliphatic heterocycles. The van der Waals surface area contributed by atoms with Crippen LogP contribution in [-0.4, -0.2) is 18.8 Å². The Balaban J connectivity index is 3.40. The molecule has 0 N–H and O–H groups in total. The molecule has 0 aliphatic carbocycles. The first-order chi connectivity index (χ1) is 9.19. The molecule has 120 valence electrons. The fourth-order valence-electron chi connectivity index (χ4n) is 1.64. The van der Waals surface area contributed by atoms with Crippen molar-refractivity contribution in [2.45, 2.75) is 78.3 Å². The molecule has 0 amide bonds. The molecule has 0 aliphatic rings. The molecular formula is C15H27F3O2. The van der Waals surface area contributed by atoms with Crippen LogP contribution in [0.3, 0.4) is 0 Å². The van der Waals surface area contributed by atoms with Gasteiger partial charge in [0.05, 0.1) is 12.0 Å². The molecule has 0 fully saturated rings. The summed E-state index contributed by atoms with van der Waals surface area (Å²) in [5, 5.41) is 0. The molecule has 0 bridgehead atoms. The summed E-state index contributed by atoms with van der Waals surface area (Å²) in [6, 6.07) is 0. The van der Waals surface area contributed by atoms with E-state index in [4.69, 9.17) is 4.74 Å². The number of esters is 1. The Labute approximate surface area is 120 Å². The molecular weight excluding hydrogens is 269 g/mol. The van der Waals surface area contributed by atoms with Gasteiger partial charge in [0.25, 0.3) is 0 Å². The van der Waals surface area contributed by atoms with Gasteiger partial charge in [-0.05, 0) is 33.1 Å². The number of carbonyl (C=O) groups is 1. The van der Waals surface area contributed by atoms with Gasteiger partial charge in [-0.1, -0.05) is 32.6 Å². The second-order valence-electron chi connectivity index (χ2n) is 5.86. The Morgan fingerprint density at radius 1 is 0.950 bits per heavy atom. The van der Waals surface area contributed by atoms with E-state index in [0.717, 1.165) is 32.1 Å². The maximum atomic E-state index is 11.9. The molecule has 0 spiro atoms. The number of carbonyl (C=O) groups excluding carboxylic acids is 1. The molecule has 0 aromatic carbocycles. The molecule has 0 aromatic heterocycles. The van der Waals surface area contributed by atoms with E-state index in [9.17, 15) is 18.0 Å². The van der Waals surface area contributed by atoms with Crippen LogP contribution in [0.15, 0.2) is 0 Å². The van der Waals surface area contributed by atoms with E-state index < -0.39 is 18.0 Å². The first-order valence-electron chi connectivity index (χ1n) is 7.43. The fraction of sp³-hybridized carbons (Fsp3) is 0.933. The number of rotatable bonds is 10. The van der Waals surface area contributed by atoms with Crippen molar-refractivity contribution in [2.24, 2.45) is 5.41 Å². The molecule has 0 rings (SSSR count). The van der Waals surface area contributed by atoms with Crippen LogP contribution in [0, 0.1) is 5.41 Å². The van der Waals surface area contributed by atoms with Crippen LogP contribution in [0.2, 0.25) is 0 Å². The fourth-order valence-corrected chi connectivity index (χ4v) is 1.64. The molecule has 0 atom stereocenters. The Morgan fingerprint density at radius 3 is 1.95 bits per heavy atom. The van der Waals surface area contributed by atoms with Crippen LogP contribution in [0.25, 0.3) is 0 Å². The van der Waals surface area contributed by atoms with Crippen LogP contribution in [-0.2, 0) is 9.53 Å². The Bertz CT molecular complexity index is 273. The lowest BCUT2D eigenvalue weighted by molar-refractivity contribution is -0.154. The van der Waals surface area contributed by atoms with Crippen molar-refractivity contribution in [3.63, 3.8) is 0 Å². The van der Waals surface area contributed by atoms with Gasteiger partial charge in [0.2, 0.25) is 0 Å². The van der Waals surface area contributed by atoms with Crippen LogP contribution in [0.1, 0.15) is 72.1 Å². The minimum absolute atomic E-state index is 0.176. The first kappa shape index (κ1) is 19.3. The normalized spacial score (nSPS) is 12.5. The van der Waals surface area contributed by atoms with E-state index in [1.165, 1.54) is 0 Å². The van der Waals surface area contributed by atoms with Gasteiger partial charge in [0, 0.05) is 6.42 Å². The average molecular weight is 296 g/mol. The average Bonchev–Trinajstić information content (AvgIpc) is 2.35.